The predicted octanol–water partition coefficient (Wildman–Crippen LogP) is 1.26. The molecular formula is C9H8BrN. The fraction of sp³-hybridized carbons (Fsp3) is 0.111. The van der Waals surface area contributed by atoms with Gasteiger partial charge in [-0.15, -0.1) is 0 Å². The van der Waals surface area contributed by atoms with Crippen molar-refractivity contribution < 1.29 is 0 Å². The highest BCUT2D eigenvalue weighted by atomic mass is 79.9. The minimum atomic E-state index is 1.00. The molecule has 56 valence electrons. The van der Waals surface area contributed by atoms with Gasteiger partial charge in [-0.2, -0.15) is 0 Å². The number of H-pyrrole nitrogens is 1. The Hall–Kier alpha value is -0.760. The van der Waals surface area contributed by atoms with Crippen molar-refractivity contribution in [3.63, 3.8) is 0 Å². The summed E-state index contributed by atoms with van der Waals surface area (Å²) >= 11 is 3.46. The first-order valence-electron chi connectivity index (χ1n) is 3.57. The van der Waals surface area contributed by atoms with Gasteiger partial charge < -0.3 is 4.98 Å². The number of aromatic nitrogens is 1. The average Bonchev–Trinajstić information content (AvgIpc) is 2.31. The third kappa shape index (κ3) is 1.31. The fourth-order valence-electron chi connectivity index (χ4n) is 1.19. The first kappa shape index (κ1) is 6.92. The normalized spacial score (nSPS) is 15.5. The monoisotopic (exact) mass is 209 g/mol. The predicted molar refractivity (Wildman–Crippen MR) is 50.6 cm³/mol. The molecule has 1 aromatic heterocycles. The van der Waals surface area contributed by atoms with Crippen molar-refractivity contribution in [1.29, 1.82) is 0 Å². The molecule has 0 saturated carbocycles. The number of hydrogen-bond donors (Lipinski definition) is 1. The summed E-state index contributed by atoms with van der Waals surface area (Å²) in [6.45, 7) is 0. The highest BCUT2D eigenvalue weighted by Gasteiger charge is 1.92. The van der Waals surface area contributed by atoms with E-state index in [0.717, 1.165) is 10.9 Å². The minimum Gasteiger partial charge on any atom is -0.361 e. The summed E-state index contributed by atoms with van der Waals surface area (Å²) in [6.07, 6.45) is 9.41. The highest BCUT2D eigenvalue weighted by Crippen LogP contribution is 2.08. The van der Waals surface area contributed by atoms with Crippen molar-refractivity contribution in [3.8, 4) is 0 Å². The van der Waals surface area contributed by atoms with Gasteiger partial charge in [-0.05, 0) is 23.8 Å². The van der Waals surface area contributed by atoms with Crippen molar-refractivity contribution in [2.75, 3.05) is 0 Å². The van der Waals surface area contributed by atoms with Crippen LogP contribution in [0.4, 0.5) is 0 Å². The molecule has 0 saturated heterocycles. The van der Waals surface area contributed by atoms with E-state index in [-0.39, 0.29) is 0 Å². The van der Waals surface area contributed by atoms with Crippen LogP contribution >= 0.6 is 15.9 Å². The summed E-state index contributed by atoms with van der Waals surface area (Å²) in [5.41, 5.74) is 0. The molecule has 2 rings (SSSR count). The van der Waals surface area contributed by atoms with Gasteiger partial charge in [0, 0.05) is 16.0 Å². The maximum atomic E-state index is 3.46. The first-order chi connectivity index (χ1) is 5.36. The topological polar surface area (TPSA) is 15.8 Å². The SMILES string of the molecule is BrC1=CCC=c2cc[nH]c2=C1. The zero-order valence-corrected chi connectivity index (χ0v) is 7.56. The van der Waals surface area contributed by atoms with E-state index >= 15 is 0 Å². The molecular weight excluding hydrogens is 202 g/mol. The van der Waals surface area contributed by atoms with Crippen LogP contribution in [0, 0.1) is 0 Å². The standard InChI is InChI=1S/C9H8BrN/c10-8-3-1-2-7-4-5-11-9(7)6-8/h2-6,11H,1H2. The van der Waals surface area contributed by atoms with Gasteiger partial charge in [0.25, 0.3) is 0 Å². The van der Waals surface area contributed by atoms with Gasteiger partial charge in [-0.3, -0.25) is 0 Å². The molecule has 1 heterocycles. The minimum absolute atomic E-state index is 1.00. The maximum Gasteiger partial charge on any atom is 0.0461 e. The largest absolute Gasteiger partial charge is 0.361 e. The lowest BCUT2D eigenvalue weighted by Gasteiger charge is -1.82. The molecule has 1 aliphatic rings. The average molecular weight is 210 g/mol. The molecule has 11 heavy (non-hydrogen) atoms. The molecule has 1 N–H and O–H groups in total. The Bertz CT molecular complexity index is 397. The molecule has 0 bridgehead atoms. The van der Waals surface area contributed by atoms with Crippen molar-refractivity contribution >= 4 is 28.1 Å². The Balaban J connectivity index is 2.76. The van der Waals surface area contributed by atoms with Gasteiger partial charge in [0.15, 0.2) is 0 Å². The number of rotatable bonds is 0. The van der Waals surface area contributed by atoms with Crippen LogP contribution in [-0.4, -0.2) is 4.98 Å². The van der Waals surface area contributed by atoms with E-state index in [0.29, 0.717) is 0 Å². The van der Waals surface area contributed by atoms with Crippen LogP contribution in [0.1, 0.15) is 6.42 Å². The number of allylic oxidation sites excluding steroid dienone is 2. The van der Waals surface area contributed by atoms with Crippen molar-refractivity contribution in [2.45, 2.75) is 6.42 Å². The fourth-order valence-corrected chi connectivity index (χ4v) is 1.61. The van der Waals surface area contributed by atoms with Crippen molar-refractivity contribution in [2.24, 2.45) is 0 Å². The number of fused-ring (bicyclic) bond motifs is 1. The summed E-state index contributed by atoms with van der Waals surface area (Å²) < 4.78 is 1.15. The summed E-state index contributed by atoms with van der Waals surface area (Å²) in [5.74, 6) is 0. The number of nitrogens with one attached hydrogen (secondary N) is 1. The Morgan fingerprint density at radius 3 is 3.18 bits per heavy atom. The van der Waals surface area contributed by atoms with Crippen molar-refractivity contribution in [1.82, 2.24) is 4.98 Å². The molecule has 1 aromatic rings. The van der Waals surface area contributed by atoms with E-state index in [4.69, 9.17) is 0 Å². The molecule has 0 radical (unpaired) electrons. The Morgan fingerprint density at radius 2 is 2.27 bits per heavy atom. The van der Waals surface area contributed by atoms with Gasteiger partial charge in [-0.1, -0.05) is 28.1 Å². The van der Waals surface area contributed by atoms with Crippen LogP contribution < -0.4 is 10.6 Å². The van der Waals surface area contributed by atoms with Gasteiger partial charge in [0.2, 0.25) is 0 Å². The third-order valence-corrected chi connectivity index (χ3v) is 2.30. The van der Waals surface area contributed by atoms with Crippen molar-refractivity contribution in [3.05, 3.63) is 33.4 Å². The second kappa shape index (κ2) is 2.70. The highest BCUT2D eigenvalue weighted by molar-refractivity contribution is 9.12. The van der Waals surface area contributed by atoms with Crippen LogP contribution in [0.5, 0.6) is 0 Å². The Kier molecular flexibility index (Phi) is 1.70. The molecule has 2 heteroatoms. The third-order valence-electron chi connectivity index (χ3n) is 1.75. The number of aromatic amines is 1. The van der Waals surface area contributed by atoms with Crippen LogP contribution in [-0.2, 0) is 0 Å². The first-order valence-corrected chi connectivity index (χ1v) is 4.36. The molecule has 0 spiro atoms. The molecule has 0 fully saturated rings. The second-order valence-corrected chi connectivity index (χ2v) is 3.44. The number of hydrogen-bond acceptors (Lipinski definition) is 0. The van der Waals surface area contributed by atoms with Crippen LogP contribution in [0.15, 0.2) is 22.8 Å². The molecule has 0 amide bonds. The van der Waals surface area contributed by atoms with E-state index in [1.54, 1.807) is 0 Å². The molecule has 1 nitrogen and oxygen atoms in total. The van der Waals surface area contributed by atoms with E-state index in [9.17, 15) is 0 Å². The molecule has 0 aromatic carbocycles. The molecule has 1 aliphatic carbocycles. The second-order valence-electron chi connectivity index (χ2n) is 2.52. The number of halogens is 1. The zero-order chi connectivity index (χ0) is 7.68. The zero-order valence-electron chi connectivity index (χ0n) is 5.97. The summed E-state index contributed by atoms with van der Waals surface area (Å²) in [5, 5.41) is 2.47. The van der Waals surface area contributed by atoms with Crippen LogP contribution in [0.2, 0.25) is 0 Å². The smallest absolute Gasteiger partial charge is 0.0461 e. The van der Waals surface area contributed by atoms with Gasteiger partial charge in [-0.25, -0.2) is 0 Å². The molecule has 0 unspecified atom stereocenters. The van der Waals surface area contributed by atoms with E-state index < -0.39 is 0 Å². The van der Waals surface area contributed by atoms with Crippen LogP contribution in [0.3, 0.4) is 0 Å². The lowest BCUT2D eigenvalue weighted by atomic mass is 10.3. The quantitative estimate of drug-likeness (QED) is 0.663. The maximum absolute atomic E-state index is 3.46. The Morgan fingerprint density at radius 1 is 1.36 bits per heavy atom. The van der Waals surface area contributed by atoms with E-state index in [1.165, 1.54) is 10.6 Å². The van der Waals surface area contributed by atoms with Crippen LogP contribution in [0.25, 0.3) is 12.2 Å². The molecule has 0 atom stereocenters. The van der Waals surface area contributed by atoms with E-state index in [1.807, 2.05) is 6.20 Å². The van der Waals surface area contributed by atoms with E-state index in [2.05, 4.69) is 45.2 Å². The van der Waals surface area contributed by atoms with Gasteiger partial charge in [0.1, 0.15) is 0 Å². The van der Waals surface area contributed by atoms with Gasteiger partial charge in [0.05, 0.1) is 0 Å². The summed E-state index contributed by atoms with van der Waals surface area (Å²) in [7, 11) is 0. The molecule has 0 aliphatic heterocycles. The Labute approximate surface area is 73.3 Å². The van der Waals surface area contributed by atoms with Gasteiger partial charge >= 0.3 is 0 Å². The summed E-state index contributed by atoms with van der Waals surface area (Å²) in [6, 6.07) is 2.09. The lowest BCUT2D eigenvalue weighted by Crippen LogP contribution is -2.20. The lowest BCUT2D eigenvalue weighted by molar-refractivity contribution is 1.32. The summed E-state index contributed by atoms with van der Waals surface area (Å²) in [4.78, 5) is 3.17.